The molecule has 2 heterocycles. The molecule has 1 N–H and O–H groups in total. The van der Waals surface area contributed by atoms with Crippen LogP contribution < -0.4 is 26.3 Å². The number of phenolic OH excluding ortho intramolecular Hbond substituents is 1. The first-order chi connectivity index (χ1) is 12.7. The van der Waals surface area contributed by atoms with Crippen molar-refractivity contribution in [3.05, 3.63) is 90.0 Å². The van der Waals surface area contributed by atoms with Gasteiger partial charge in [-0.15, -0.1) is 0 Å². The fraction of sp³-hybridized carbons (Fsp3) is 0.143. The number of halogens is 1. The number of ether oxygens (including phenoxy) is 1. The summed E-state index contributed by atoms with van der Waals surface area (Å²) in [6, 6.07) is 17.7. The van der Waals surface area contributed by atoms with Crippen molar-refractivity contribution in [2.75, 3.05) is 7.11 Å². The Morgan fingerprint density at radius 2 is 1.89 bits per heavy atom. The van der Waals surface area contributed by atoms with Crippen molar-refractivity contribution in [1.82, 2.24) is 9.38 Å². The molecule has 0 spiro atoms. The van der Waals surface area contributed by atoms with E-state index < -0.39 is 0 Å². The maximum atomic E-state index is 9.80. The predicted octanol–water partition coefficient (Wildman–Crippen LogP) is -0.0209. The number of hydrogen-bond acceptors (Lipinski definition) is 3. The molecule has 0 aliphatic heterocycles. The minimum absolute atomic E-state index is 0. The molecule has 4 aromatic rings. The zero-order valence-corrected chi connectivity index (χ0v) is 16.5. The van der Waals surface area contributed by atoms with Gasteiger partial charge in [0.15, 0.2) is 11.5 Å². The molecule has 0 aliphatic rings. The smallest absolute Gasteiger partial charge is 0.403 e. The molecule has 2 aromatic heterocycles. The van der Waals surface area contributed by atoms with Crippen molar-refractivity contribution in [3.63, 3.8) is 0 Å². The largest absolute Gasteiger partial charge is 1.00 e. The average molecular weight is 426 g/mol. The Morgan fingerprint density at radius 3 is 2.67 bits per heavy atom. The van der Waals surface area contributed by atoms with E-state index in [4.69, 9.17) is 4.74 Å². The molecule has 0 bridgehead atoms. The van der Waals surface area contributed by atoms with Crippen LogP contribution in [-0.2, 0) is 13.0 Å². The van der Waals surface area contributed by atoms with Crippen molar-refractivity contribution < 1.29 is 31.4 Å². The standard InChI is InChI=1S/C21H19N3O2.BrH/c1-26-20-13-17(8-9-19(20)25)12-18-15-23(14-16-6-3-2-4-7-16)21-22-10-5-11-24(18)21;/h2-11,13,15H,12,14H2,1H3;1H. The molecule has 6 heteroatoms. The average Bonchev–Trinajstić information content (AvgIpc) is 3.02. The fourth-order valence-corrected chi connectivity index (χ4v) is 3.17. The van der Waals surface area contributed by atoms with Crippen LogP contribution in [0.15, 0.2) is 73.2 Å². The van der Waals surface area contributed by atoms with E-state index in [1.54, 1.807) is 13.2 Å². The molecule has 138 valence electrons. The SMILES string of the molecule is COc1cc(Cc2c[n+](Cc3ccccc3)c3ncccn23)ccc1O.[Br-]. The molecule has 27 heavy (non-hydrogen) atoms. The highest BCUT2D eigenvalue weighted by Crippen LogP contribution is 2.27. The third-order valence-corrected chi connectivity index (χ3v) is 4.42. The molecule has 0 fully saturated rings. The lowest BCUT2D eigenvalue weighted by atomic mass is 10.1. The van der Waals surface area contributed by atoms with E-state index in [2.05, 4.69) is 32.3 Å². The van der Waals surface area contributed by atoms with E-state index in [9.17, 15) is 5.11 Å². The number of benzene rings is 2. The summed E-state index contributed by atoms with van der Waals surface area (Å²) in [7, 11) is 1.56. The van der Waals surface area contributed by atoms with Gasteiger partial charge in [-0.05, 0) is 23.3 Å². The number of nitrogens with zero attached hydrogens (tertiary/aromatic N) is 3. The number of fused-ring (bicyclic) bond motifs is 1. The molecule has 0 radical (unpaired) electrons. The Hall–Kier alpha value is -2.86. The number of imidazole rings is 1. The summed E-state index contributed by atoms with van der Waals surface area (Å²) in [5, 5.41) is 9.80. The zero-order valence-electron chi connectivity index (χ0n) is 14.9. The summed E-state index contributed by atoms with van der Waals surface area (Å²) < 4.78 is 9.48. The molecular weight excluding hydrogens is 406 g/mol. The molecule has 5 nitrogen and oxygen atoms in total. The third-order valence-electron chi connectivity index (χ3n) is 4.42. The van der Waals surface area contributed by atoms with E-state index in [-0.39, 0.29) is 22.7 Å². The summed E-state index contributed by atoms with van der Waals surface area (Å²) in [5.41, 5.74) is 3.42. The number of methoxy groups -OCH3 is 1. The van der Waals surface area contributed by atoms with E-state index in [1.165, 1.54) is 5.56 Å². The molecule has 4 rings (SSSR count). The monoisotopic (exact) mass is 425 g/mol. The Kier molecular flexibility index (Phi) is 5.76. The van der Waals surface area contributed by atoms with Gasteiger partial charge in [0.1, 0.15) is 18.1 Å². The van der Waals surface area contributed by atoms with Gasteiger partial charge in [0.25, 0.3) is 0 Å². The van der Waals surface area contributed by atoms with E-state index in [0.29, 0.717) is 12.2 Å². The number of aromatic nitrogens is 3. The highest BCUT2D eigenvalue weighted by Gasteiger charge is 2.17. The van der Waals surface area contributed by atoms with Crippen molar-refractivity contribution in [2.24, 2.45) is 0 Å². The number of hydrogen-bond donors (Lipinski definition) is 1. The molecule has 0 saturated heterocycles. The number of rotatable bonds is 5. The molecule has 0 unspecified atom stereocenters. The van der Waals surface area contributed by atoms with E-state index in [0.717, 1.165) is 23.6 Å². The number of phenols is 1. The summed E-state index contributed by atoms with van der Waals surface area (Å²) in [6.45, 7) is 0.764. The second-order valence-electron chi connectivity index (χ2n) is 6.21. The van der Waals surface area contributed by atoms with E-state index >= 15 is 0 Å². The highest BCUT2D eigenvalue weighted by atomic mass is 79.9. The van der Waals surface area contributed by atoms with Gasteiger partial charge in [-0.1, -0.05) is 41.4 Å². The van der Waals surface area contributed by atoms with Crippen molar-refractivity contribution in [2.45, 2.75) is 13.0 Å². The van der Waals surface area contributed by atoms with Crippen LogP contribution in [0.25, 0.3) is 5.78 Å². The summed E-state index contributed by atoms with van der Waals surface area (Å²) in [5.74, 6) is 1.54. The van der Waals surface area contributed by atoms with Crippen LogP contribution in [-0.4, -0.2) is 21.6 Å². The minimum atomic E-state index is 0. The Balaban J connectivity index is 0.00000210. The van der Waals surface area contributed by atoms with Gasteiger partial charge in [-0.25, -0.2) is 8.97 Å². The maximum absolute atomic E-state index is 9.80. The molecule has 2 aromatic carbocycles. The molecule has 0 atom stereocenters. The number of aromatic hydroxyl groups is 1. The Morgan fingerprint density at radius 1 is 1.07 bits per heavy atom. The van der Waals surface area contributed by atoms with Gasteiger partial charge < -0.3 is 26.8 Å². The van der Waals surface area contributed by atoms with Crippen LogP contribution in [0.3, 0.4) is 0 Å². The first kappa shape index (κ1) is 18.9. The Bertz CT molecular complexity index is 1050. The first-order valence-electron chi connectivity index (χ1n) is 8.49. The van der Waals surface area contributed by atoms with Gasteiger partial charge in [-0.2, -0.15) is 0 Å². The van der Waals surface area contributed by atoms with Gasteiger partial charge in [0.05, 0.1) is 19.9 Å². The second kappa shape index (κ2) is 8.22. The Labute approximate surface area is 168 Å². The molecule has 0 saturated carbocycles. The van der Waals surface area contributed by atoms with Crippen LogP contribution >= 0.6 is 0 Å². The van der Waals surface area contributed by atoms with Crippen LogP contribution in [0.2, 0.25) is 0 Å². The predicted molar refractivity (Wildman–Crippen MR) is 98.4 cm³/mol. The second-order valence-corrected chi connectivity index (χ2v) is 6.21. The van der Waals surface area contributed by atoms with E-state index in [1.807, 2.05) is 48.8 Å². The summed E-state index contributed by atoms with van der Waals surface area (Å²) >= 11 is 0. The fourth-order valence-electron chi connectivity index (χ4n) is 3.17. The maximum Gasteiger partial charge on any atom is 0.403 e. The molecular formula is C21H20BrN3O2. The van der Waals surface area contributed by atoms with Crippen LogP contribution in [0.1, 0.15) is 16.8 Å². The van der Waals surface area contributed by atoms with Crippen molar-refractivity contribution >= 4 is 5.78 Å². The normalized spacial score (nSPS) is 10.6. The first-order valence-corrected chi connectivity index (χ1v) is 8.49. The van der Waals surface area contributed by atoms with Crippen molar-refractivity contribution in [1.29, 1.82) is 0 Å². The summed E-state index contributed by atoms with van der Waals surface area (Å²) in [4.78, 5) is 4.55. The molecule has 0 amide bonds. The summed E-state index contributed by atoms with van der Waals surface area (Å²) in [6.07, 6.45) is 6.68. The molecule has 0 aliphatic carbocycles. The van der Waals surface area contributed by atoms with Gasteiger partial charge in [-0.3, -0.25) is 0 Å². The van der Waals surface area contributed by atoms with Gasteiger partial charge in [0.2, 0.25) is 0 Å². The highest BCUT2D eigenvalue weighted by molar-refractivity contribution is 5.43. The zero-order chi connectivity index (χ0) is 17.9. The van der Waals surface area contributed by atoms with Crippen LogP contribution in [0.5, 0.6) is 11.5 Å². The quantitative estimate of drug-likeness (QED) is 0.457. The van der Waals surface area contributed by atoms with Crippen LogP contribution in [0.4, 0.5) is 0 Å². The lowest BCUT2D eigenvalue weighted by Gasteiger charge is -2.05. The third kappa shape index (κ3) is 3.95. The lowest BCUT2D eigenvalue weighted by molar-refractivity contribution is -0.664. The van der Waals surface area contributed by atoms with Gasteiger partial charge >= 0.3 is 5.78 Å². The van der Waals surface area contributed by atoms with Gasteiger partial charge in [0, 0.05) is 12.5 Å². The topological polar surface area (TPSA) is 50.6 Å². The van der Waals surface area contributed by atoms with Crippen molar-refractivity contribution in [3.8, 4) is 11.5 Å². The minimum Gasteiger partial charge on any atom is -1.00 e. The van der Waals surface area contributed by atoms with Crippen LogP contribution in [0, 0.1) is 0 Å². The lowest BCUT2D eigenvalue weighted by Crippen LogP contribution is -3.00.